The van der Waals surface area contributed by atoms with Crippen LogP contribution in [0.2, 0.25) is 0 Å². The Morgan fingerprint density at radius 2 is 2.00 bits per heavy atom. The Bertz CT molecular complexity index is 401. The first-order valence-electron chi connectivity index (χ1n) is 4.72. The number of nitrogens with zero attached hydrogens (tertiary/aromatic N) is 1. The number of hydrogen-bond acceptors (Lipinski definition) is 3. The molecule has 2 rings (SSSR count). The van der Waals surface area contributed by atoms with Gasteiger partial charge in [0.15, 0.2) is 5.58 Å². The van der Waals surface area contributed by atoms with E-state index in [4.69, 9.17) is 4.42 Å². The molecule has 1 N–H and O–H groups in total. The number of rotatable bonds is 2. The fourth-order valence-corrected chi connectivity index (χ4v) is 1.30. The van der Waals surface area contributed by atoms with Gasteiger partial charge >= 0.3 is 0 Å². The van der Waals surface area contributed by atoms with Gasteiger partial charge in [-0.1, -0.05) is 26.0 Å². The number of hydrogen-bond donors (Lipinski definition) is 1. The molecule has 0 bridgehead atoms. The van der Waals surface area contributed by atoms with Gasteiger partial charge in [0.25, 0.3) is 0 Å². The van der Waals surface area contributed by atoms with Gasteiger partial charge in [0.1, 0.15) is 11.6 Å². The molecule has 0 radical (unpaired) electrons. The topological polar surface area (TPSA) is 46.3 Å². The highest BCUT2D eigenvalue weighted by Crippen LogP contribution is 2.24. The van der Waals surface area contributed by atoms with Crippen LogP contribution in [0, 0.1) is 5.92 Å². The number of fused-ring (bicyclic) bond motifs is 1. The zero-order valence-electron chi connectivity index (χ0n) is 8.27. The van der Waals surface area contributed by atoms with Gasteiger partial charge in [-0.3, -0.25) is 0 Å². The highest BCUT2D eigenvalue weighted by molar-refractivity contribution is 5.72. The Morgan fingerprint density at radius 1 is 1.29 bits per heavy atom. The first kappa shape index (κ1) is 9.21. The van der Waals surface area contributed by atoms with Gasteiger partial charge in [-0.2, -0.15) is 0 Å². The van der Waals surface area contributed by atoms with Crippen molar-refractivity contribution >= 4 is 11.1 Å². The van der Waals surface area contributed by atoms with Crippen LogP contribution < -0.4 is 0 Å². The van der Waals surface area contributed by atoms with Crippen LogP contribution in [-0.2, 0) is 0 Å². The monoisotopic (exact) mass is 191 g/mol. The summed E-state index contributed by atoms with van der Waals surface area (Å²) in [6.07, 6.45) is -0.623. The molecular weight excluding hydrogens is 178 g/mol. The maximum absolute atomic E-state index is 9.74. The number of aliphatic hydroxyl groups is 1. The molecule has 0 saturated carbocycles. The van der Waals surface area contributed by atoms with E-state index in [1.807, 2.05) is 38.1 Å². The van der Waals surface area contributed by atoms with Crippen LogP contribution in [0.4, 0.5) is 0 Å². The van der Waals surface area contributed by atoms with Crippen LogP contribution in [0.5, 0.6) is 0 Å². The van der Waals surface area contributed by atoms with E-state index in [9.17, 15) is 5.11 Å². The molecule has 0 amide bonds. The van der Waals surface area contributed by atoms with E-state index in [-0.39, 0.29) is 5.92 Å². The van der Waals surface area contributed by atoms with Crippen molar-refractivity contribution < 1.29 is 9.52 Å². The van der Waals surface area contributed by atoms with Crippen LogP contribution in [-0.4, -0.2) is 10.1 Å². The van der Waals surface area contributed by atoms with E-state index in [2.05, 4.69) is 4.98 Å². The van der Waals surface area contributed by atoms with Crippen LogP contribution in [0.1, 0.15) is 25.8 Å². The first-order chi connectivity index (χ1) is 6.68. The maximum atomic E-state index is 9.74. The van der Waals surface area contributed by atoms with E-state index >= 15 is 0 Å². The summed E-state index contributed by atoms with van der Waals surface area (Å²) >= 11 is 0. The van der Waals surface area contributed by atoms with E-state index in [0.29, 0.717) is 5.89 Å². The van der Waals surface area contributed by atoms with Gasteiger partial charge in [0.2, 0.25) is 5.89 Å². The first-order valence-corrected chi connectivity index (χ1v) is 4.72. The summed E-state index contributed by atoms with van der Waals surface area (Å²) in [5.41, 5.74) is 1.52. The molecule has 1 heterocycles. The van der Waals surface area contributed by atoms with Crippen molar-refractivity contribution in [1.29, 1.82) is 0 Å². The Morgan fingerprint density at radius 3 is 2.64 bits per heavy atom. The van der Waals surface area contributed by atoms with Gasteiger partial charge in [-0.15, -0.1) is 0 Å². The predicted octanol–water partition coefficient (Wildman–Crippen LogP) is 2.52. The van der Waals surface area contributed by atoms with Crippen molar-refractivity contribution in [1.82, 2.24) is 4.98 Å². The van der Waals surface area contributed by atoms with Gasteiger partial charge < -0.3 is 9.52 Å². The van der Waals surface area contributed by atoms with E-state index in [1.54, 1.807) is 0 Å². The third-order valence-electron chi connectivity index (χ3n) is 2.19. The van der Waals surface area contributed by atoms with Crippen LogP contribution >= 0.6 is 0 Å². The fraction of sp³-hybridized carbons (Fsp3) is 0.364. The minimum atomic E-state index is -0.623. The molecule has 1 unspecified atom stereocenters. The second-order valence-corrected chi connectivity index (χ2v) is 3.71. The lowest BCUT2D eigenvalue weighted by atomic mass is 10.1. The van der Waals surface area contributed by atoms with E-state index in [0.717, 1.165) is 11.1 Å². The number of aromatic nitrogens is 1. The Hall–Kier alpha value is -1.35. The molecule has 74 valence electrons. The molecular formula is C11H13NO2. The number of oxazole rings is 1. The number of benzene rings is 1. The minimum Gasteiger partial charge on any atom is -0.438 e. The largest absolute Gasteiger partial charge is 0.438 e. The highest BCUT2D eigenvalue weighted by atomic mass is 16.4. The summed E-state index contributed by atoms with van der Waals surface area (Å²) in [5.74, 6) is 0.518. The lowest BCUT2D eigenvalue weighted by Gasteiger charge is -2.08. The number of para-hydroxylation sites is 2. The second kappa shape index (κ2) is 3.42. The smallest absolute Gasteiger partial charge is 0.224 e. The summed E-state index contributed by atoms with van der Waals surface area (Å²) in [7, 11) is 0. The maximum Gasteiger partial charge on any atom is 0.224 e. The van der Waals surface area contributed by atoms with Crippen molar-refractivity contribution in [2.45, 2.75) is 20.0 Å². The van der Waals surface area contributed by atoms with Crippen molar-refractivity contribution in [2.24, 2.45) is 5.92 Å². The molecule has 1 aromatic carbocycles. The summed E-state index contributed by atoms with van der Waals surface area (Å²) in [4.78, 5) is 4.22. The molecule has 0 fully saturated rings. The third-order valence-corrected chi connectivity index (χ3v) is 2.19. The van der Waals surface area contributed by atoms with E-state index in [1.165, 1.54) is 0 Å². The Labute approximate surface area is 82.4 Å². The Kier molecular flexibility index (Phi) is 2.25. The van der Waals surface area contributed by atoms with Gasteiger partial charge in [0, 0.05) is 0 Å². The van der Waals surface area contributed by atoms with Gasteiger partial charge in [-0.25, -0.2) is 4.98 Å². The lowest BCUT2D eigenvalue weighted by Crippen LogP contribution is -2.05. The Balaban J connectivity index is 2.45. The number of aliphatic hydroxyl groups excluding tert-OH is 1. The molecule has 0 aliphatic carbocycles. The zero-order valence-corrected chi connectivity index (χ0v) is 8.27. The minimum absolute atomic E-state index is 0.114. The van der Waals surface area contributed by atoms with Crippen molar-refractivity contribution in [3.8, 4) is 0 Å². The summed E-state index contributed by atoms with van der Waals surface area (Å²) in [5, 5.41) is 9.74. The molecule has 3 heteroatoms. The van der Waals surface area contributed by atoms with Crippen molar-refractivity contribution in [2.75, 3.05) is 0 Å². The third kappa shape index (κ3) is 1.51. The molecule has 1 aromatic heterocycles. The van der Waals surface area contributed by atoms with Crippen LogP contribution in [0.15, 0.2) is 28.7 Å². The quantitative estimate of drug-likeness (QED) is 0.793. The van der Waals surface area contributed by atoms with Crippen molar-refractivity contribution in [3.05, 3.63) is 30.2 Å². The summed E-state index contributed by atoms with van der Waals surface area (Å²) in [6.45, 7) is 3.86. The standard InChI is InChI=1S/C11H13NO2/c1-7(2)10(13)11-12-8-5-3-4-6-9(8)14-11/h3-7,10,13H,1-2H3. The molecule has 14 heavy (non-hydrogen) atoms. The SMILES string of the molecule is CC(C)C(O)c1nc2ccccc2o1. The highest BCUT2D eigenvalue weighted by Gasteiger charge is 2.18. The van der Waals surface area contributed by atoms with E-state index < -0.39 is 6.10 Å². The fourth-order valence-electron chi connectivity index (χ4n) is 1.30. The average molecular weight is 191 g/mol. The van der Waals surface area contributed by atoms with Crippen molar-refractivity contribution in [3.63, 3.8) is 0 Å². The van der Waals surface area contributed by atoms with Crippen LogP contribution in [0.25, 0.3) is 11.1 Å². The second-order valence-electron chi connectivity index (χ2n) is 3.71. The lowest BCUT2D eigenvalue weighted by molar-refractivity contribution is 0.0988. The van der Waals surface area contributed by atoms with Gasteiger partial charge in [0.05, 0.1) is 0 Å². The summed E-state index contributed by atoms with van der Waals surface area (Å²) in [6, 6.07) is 7.50. The summed E-state index contributed by atoms with van der Waals surface area (Å²) < 4.78 is 5.43. The molecule has 0 spiro atoms. The molecule has 3 nitrogen and oxygen atoms in total. The molecule has 1 atom stereocenters. The van der Waals surface area contributed by atoms with Gasteiger partial charge in [-0.05, 0) is 18.1 Å². The molecule has 0 aliphatic rings. The zero-order chi connectivity index (χ0) is 10.1. The van der Waals surface area contributed by atoms with Crippen LogP contribution in [0.3, 0.4) is 0 Å². The molecule has 0 saturated heterocycles. The molecule has 0 aliphatic heterocycles. The normalized spacial score (nSPS) is 13.7. The molecule has 2 aromatic rings. The predicted molar refractivity (Wildman–Crippen MR) is 53.8 cm³/mol. The average Bonchev–Trinajstić information content (AvgIpc) is 2.59.